The van der Waals surface area contributed by atoms with Crippen molar-refractivity contribution in [1.82, 2.24) is 4.98 Å². The summed E-state index contributed by atoms with van der Waals surface area (Å²) in [5.41, 5.74) is 1.10. The van der Waals surface area contributed by atoms with Crippen LogP contribution >= 0.6 is 11.3 Å². The van der Waals surface area contributed by atoms with Gasteiger partial charge in [0.05, 0.1) is 5.69 Å². The molecule has 0 spiro atoms. The molecule has 0 fully saturated rings. The molecule has 3 heteroatoms. The highest BCUT2D eigenvalue weighted by atomic mass is 32.1. The SMILES string of the molecule is CCC(CC)(OC)c1nc(C(C)(C)C)cs1. The van der Waals surface area contributed by atoms with E-state index in [-0.39, 0.29) is 11.0 Å². The van der Waals surface area contributed by atoms with Gasteiger partial charge in [-0.1, -0.05) is 34.6 Å². The third kappa shape index (κ3) is 2.46. The van der Waals surface area contributed by atoms with Gasteiger partial charge in [-0.15, -0.1) is 11.3 Å². The number of aromatic nitrogens is 1. The van der Waals surface area contributed by atoms with Crippen molar-refractivity contribution in [2.75, 3.05) is 7.11 Å². The first kappa shape index (κ1) is 13.7. The molecule has 0 aliphatic heterocycles. The Morgan fingerprint density at radius 1 is 1.25 bits per heavy atom. The van der Waals surface area contributed by atoms with Crippen LogP contribution in [0.15, 0.2) is 5.38 Å². The maximum Gasteiger partial charge on any atom is 0.125 e. The average Bonchev–Trinajstić information content (AvgIpc) is 2.71. The number of rotatable bonds is 4. The van der Waals surface area contributed by atoms with Crippen molar-refractivity contribution in [2.24, 2.45) is 0 Å². The molecule has 0 saturated carbocycles. The summed E-state index contributed by atoms with van der Waals surface area (Å²) >= 11 is 1.72. The molecular formula is C13H23NOS. The fraction of sp³-hybridized carbons (Fsp3) is 0.769. The monoisotopic (exact) mass is 241 g/mol. The lowest BCUT2D eigenvalue weighted by atomic mass is 9.93. The molecule has 0 bridgehead atoms. The minimum absolute atomic E-state index is 0.121. The van der Waals surface area contributed by atoms with Crippen LogP contribution in [-0.2, 0) is 15.8 Å². The molecule has 92 valence electrons. The number of hydrogen-bond acceptors (Lipinski definition) is 3. The molecule has 0 radical (unpaired) electrons. The Bertz CT molecular complexity index is 326. The summed E-state index contributed by atoms with van der Waals surface area (Å²) in [6, 6.07) is 0. The average molecular weight is 241 g/mol. The molecule has 2 nitrogen and oxygen atoms in total. The van der Waals surface area contributed by atoms with E-state index in [0.29, 0.717) is 0 Å². The summed E-state index contributed by atoms with van der Waals surface area (Å²) in [5, 5.41) is 3.28. The van der Waals surface area contributed by atoms with E-state index in [1.165, 1.54) is 0 Å². The highest BCUT2D eigenvalue weighted by molar-refractivity contribution is 7.09. The molecule has 0 atom stereocenters. The van der Waals surface area contributed by atoms with Crippen LogP contribution in [0.4, 0.5) is 0 Å². The van der Waals surface area contributed by atoms with Gasteiger partial charge in [0.25, 0.3) is 0 Å². The van der Waals surface area contributed by atoms with Crippen LogP contribution in [0.5, 0.6) is 0 Å². The van der Waals surface area contributed by atoms with Gasteiger partial charge in [-0.25, -0.2) is 4.98 Å². The second-order valence-corrected chi connectivity index (χ2v) is 6.05. The lowest BCUT2D eigenvalue weighted by Gasteiger charge is -2.27. The third-order valence-electron chi connectivity index (χ3n) is 3.20. The number of nitrogens with zero attached hydrogens (tertiary/aromatic N) is 1. The third-order valence-corrected chi connectivity index (χ3v) is 4.22. The predicted octanol–water partition coefficient (Wildman–Crippen LogP) is 4.10. The number of ether oxygens (including phenoxy) is 1. The summed E-state index contributed by atoms with van der Waals surface area (Å²) in [7, 11) is 1.78. The van der Waals surface area contributed by atoms with Crippen LogP contribution in [-0.4, -0.2) is 12.1 Å². The van der Waals surface area contributed by atoms with Crippen LogP contribution in [0.1, 0.15) is 58.2 Å². The van der Waals surface area contributed by atoms with Gasteiger partial charge in [0.15, 0.2) is 0 Å². The van der Waals surface area contributed by atoms with Gasteiger partial charge in [0, 0.05) is 17.9 Å². The van der Waals surface area contributed by atoms with Crippen LogP contribution in [0.2, 0.25) is 0 Å². The summed E-state index contributed by atoms with van der Waals surface area (Å²) in [6.07, 6.45) is 1.94. The Hall–Kier alpha value is -0.410. The molecule has 1 heterocycles. The zero-order chi connectivity index (χ0) is 12.4. The highest BCUT2D eigenvalue weighted by Gasteiger charge is 2.32. The van der Waals surface area contributed by atoms with Gasteiger partial charge in [0.1, 0.15) is 10.6 Å². The van der Waals surface area contributed by atoms with E-state index in [4.69, 9.17) is 9.72 Å². The Labute approximate surface area is 103 Å². The summed E-state index contributed by atoms with van der Waals surface area (Å²) in [4.78, 5) is 4.76. The lowest BCUT2D eigenvalue weighted by Crippen LogP contribution is -2.27. The number of methoxy groups -OCH3 is 1. The maximum absolute atomic E-state index is 5.70. The van der Waals surface area contributed by atoms with Gasteiger partial charge in [-0.05, 0) is 12.8 Å². The molecule has 0 saturated heterocycles. The molecule has 1 rings (SSSR count). The largest absolute Gasteiger partial charge is 0.371 e. The number of hydrogen-bond donors (Lipinski definition) is 0. The van der Waals surface area contributed by atoms with Crippen molar-refractivity contribution in [3.8, 4) is 0 Å². The lowest BCUT2D eigenvalue weighted by molar-refractivity contribution is -0.0220. The van der Waals surface area contributed by atoms with Crippen molar-refractivity contribution in [1.29, 1.82) is 0 Å². The Kier molecular flexibility index (Phi) is 4.13. The first-order chi connectivity index (χ1) is 7.39. The van der Waals surface area contributed by atoms with Crippen LogP contribution in [0, 0.1) is 0 Å². The molecule has 0 aliphatic carbocycles. The Balaban J connectivity index is 3.09. The van der Waals surface area contributed by atoms with E-state index in [1.807, 2.05) is 0 Å². The Morgan fingerprint density at radius 3 is 2.12 bits per heavy atom. The first-order valence-corrected chi connectivity index (χ1v) is 6.79. The van der Waals surface area contributed by atoms with Gasteiger partial charge in [0.2, 0.25) is 0 Å². The number of thiazole rings is 1. The van der Waals surface area contributed by atoms with Gasteiger partial charge in [-0.3, -0.25) is 0 Å². The zero-order valence-corrected chi connectivity index (χ0v) is 12.1. The highest BCUT2D eigenvalue weighted by Crippen LogP contribution is 2.36. The van der Waals surface area contributed by atoms with E-state index in [1.54, 1.807) is 18.4 Å². The van der Waals surface area contributed by atoms with Crippen molar-refractivity contribution in [3.05, 3.63) is 16.1 Å². The van der Waals surface area contributed by atoms with Crippen molar-refractivity contribution < 1.29 is 4.74 Å². The predicted molar refractivity (Wildman–Crippen MR) is 70.1 cm³/mol. The van der Waals surface area contributed by atoms with Crippen molar-refractivity contribution in [2.45, 2.75) is 58.5 Å². The quantitative estimate of drug-likeness (QED) is 0.791. The molecule has 0 unspecified atom stereocenters. The molecule has 1 aromatic heterocycles. The van der Waals surface area contributed by atoms with E-state index in [9.17, 15) is 0 Å². The van der Waals surface area contributed by atoms with Crippen molar-refractivity contribution in [3.63, 3.8) is 0 Å². The van der Waals surface area contributed by atoms with Gasteiger partial charge in [-0.2, -0.15) is 0 Å². The van der Waals surface area contributed by atoms with E-state index in [0.717, 1.165) is 23.5 Å². The van der Waals surface area contributed by atoms with Crippen LogP contribution in [0.3, 0.4) is 0 Å². The summed E-state index contributed by atoms with van der Waals surface area (Å²) < 4.78 is 5.70. The fourth-order valence-electron chi connectivity index (χ4n) is 1.76. The van der Waals surface area contributed by atoms with Crippen LogP contribution in [0.25, 0.3) is 0 Å². The van der Waals surface area contributed by atoms with E-state index in [2.05, 4.69) is 40.0 Å². The molecule has 0 N–H and O–H groups in total. The van der Waals surface area contributed by atoms with Gasteiger partial charge < -0.3 is 4.74 Å². The molecular weight excluding hydrogens is 218 g/mol. The van der Waals surface area contributed by atoms with E-state index < -0.39 is 0 Å². The molecule has 0 aromatic carbocycles. The van der Waals surface area contributed by atoms with Crippen molar-refractivity contribution >= 4 is 11.3 Å². The zero-order valence-electron chi connectivity index (χ0n) is 11.3. The normalized spacial score (nSPS) is 13.1. The minimum Gasteiger partial charge on any atom is -0.371 e. The fourth-order valence-corrected chi connectivity index (χ4v) is 3.12. The van der Waals surface area contributed by atoms with Crippen LogP contribution < -0.4 is 0 Å². The molecule has 0 amide bonds. The first-order valence-electron chi connectivity index (χ1n) is 5.91. The maximum atomic E-state index is 5.70. The Morgan fingerprint density at radius 2 is 1.81 bits per heavy atom. The standard InChI is InChI=1S/C13H23NOS/c1-7-13(8-2,15-6)11-14-10(9-16-11)12(3,4)5/h9H,7-8H2,1-6H3. The summed E-state index contributed by atoms with van der Waals surface area (Å²) in [6.45, 7) is 10.9. The minimum atomic E-state index is -0.186. The second-order valence-electron chi connectivity index (χ2n) is 5.19. The smallest absolute Gasteiger partial charge is 0.125 e. The summed E-state index contributed by atoms with van der Waals surface area (Å²) in [5.74, 6) is 0. The topological polar surface area (TPSA) is 22.1 Å². The molecule has 1 aromatic rings. The van der Waals surface area contributed by atoms with Gasteiger partial charge >= 0.3 is 0 Å². The second kappa shape index (κ2) is 4.84. The van der Waals surface area contributed by atoms with E-state index >= 15 is 0 Å². The molecule has 0 aliphatic rings. The molecule has 16 heavy (non-hydrogen) atoms.